The fourth-order valence-corrected chi connectivity index (χ4v) is 3.45. The molecule has 1 aliphatic heterocycles. The van der Waals surface area contributed by atoms with Crippen LogP contribution in [0.1, 0.15) is 16.1 Å². The number of nitrogens with zero attached hydrogens (tertiary/aromatic N) is 3. The van der Waals surface area contributed by atoms with Crippen molar-refractivity contribution >= 4 is 17.5 Å². The molecule has 0 atom stereocenters. The number of carbonyl (C=O) groups excluding carboxylic acids is 1. The van der Waals surface area contributed by atoms with Gasteiger partial charge in [-0.25, -0.2) is 0 Å². The molecule has 0 aliphatic carbocycles. The summed E-state index contributed by atoms with van der Waals surface area (Å²) in [6.07, 6.45) is 0. The van der Waals surface area contributed by atoms with E-state index in [1.165, 1.54) is 5.56 Å². The first-order valence-electron chi connectivity index (χ1n) is 9.06. The Bertz CT molecular complexity index is 899. The summed E-state index contributed by atoms with van der Waals surface area (Å²) >= 11 is 5.93. The van der Waals surface area contributed by atoms with Crippen LogP contribution in [0.25, 0.3) is 11.3 Å². The maximum Gasteiger partial charge on any atom is 0.271 e. The highest BCUT2D eigenvalue weighted by Gasteiger charge is 2.23. The van der Waals surface area contributed by atoms with Crippen LogP contribution in [-0.2, 0) is 6.54 Å². The third kappa shape index (κ3) is 4.21. The monoisotopic (exact) mass is 380 g/mol. The summed E-state index contributed by atoms with van der Waals surface area (Å²) in [5, 5.41) is 7.84. The second-order valence-corrected chi connectivity index (χ2v) is 7.16. The molecule has 1 aromatic heterocycles. The van der Waals surface area contributed by atoms with Gasteiger partial charge in [0.2, 0.25) is 0 Å². The smallest absolute Gasteiger partial charge is 0.271 e. The molecule has 1 aliphatic rings. The van der Waals surface area contributed by atoms with Crippen LogP contribution in [0.3, 0.4) is 0 Å². The molecule has 1 amide bonds. The maximum atomic E-state index is 12.8. The number of halogens is 1. The number of aromatic nitrogens is 2. The number of rotatable bonds is 4. The van der Waals surface area contributed by atoms with Gasteiger partial charge >= 0.3 is 0 Å². The lowest BCUT2D eigenvalue weighted by Gasteiger charge is -2.34. The normalized spacial score (nSPS) is 15.1. The Kier molecular flexibility index (Phi) is 5.23. The lowest BCUT2D eigenvalue weighted by Crippen LogP contribution is -2.48. The minimum absolute atomic E-state index is 0.00192. The quantitative estimate of drug-likeness (QED) is 0.751. The molecular weight excluding hydrogens is 360 g/mol. The Morgan fingerprint density at radius 1 is 1.00 bits per heavy atom. The van der Waals surface area contributed by atoms with E-state index in [0.717, 1.165) is 44.0 Å². The van der Waals surface area contributed by atoms with Crippen molar-refractivity contribution in [2.75, 3.05) is 26.2 Å². The average molecular weight is 381 g/mol. The van der Waals surface area contributed by atoms with Gasteiger partial charge in [0, 0.05) is 43.3 Å². The summed E-state index contributed by atoms with van der Waals surface area (Å²) in [6.45, 7) is 4.12. The van der Waals surface area contributed by atoms with Crippen molar-refractivity contribution in [2.45, 2.75) is 6.54 Å². The molecule has 5 nitrogen and oxygen atoms in total. The molecule has 0 bridgehead atoms. The van der Waals surface area contributed by atoms with E-state index in [9.17, 15) is 4.79 Å². The first-order valence-corrected chi connectivity index (χ1v) is 9.44. The topological polar surface area (TPSA) is 52.2 Å². The number of hydrogen-bond donors (Lipinski definition) is 1. The van der Waals surface area contributed by atoms with Gasteiger partial charge in [0.1, 0.15) is 5.69 Å². The lowest BCUT2D eigenvalue weighted by atomic mass is 10.1. The second-order valence-electron chi connectivity index (χ2n) is 6.73. The van der Waals surface area contributed by atoms with E-state index >= 15 is 0 Å². The number of piperazine rings is 1. The highest BCUT2D eigenvalue weighted by molar-refractivity contribution is 6.30. The summed E-state index contributed by atoms with van der Waals surface area (Å²) in [5.41, 5.74) is 3.51. The Hall–Kier alpha value is -2.63. The lowest BCUT2D eigenvalue weighted by molar-refractivity contribution is 0.0622. The zero-order chi connectivity index (χ0) is 18.6. The number of benzene rings is 2. The number of nitrogens with one attached hydrogen (secondary N) is 1. The van der Waals surface area contributed by atoms with Gasteiger partial charge in [0.25, 0.3) is 5.91 Å². The van der Waals surface area contributed by atoms with Gasteiger partial charge in [-0.15, -0.1) is 0 Å². The van der Waals surface area contributed by atoms with E-state index in [2.05, 4.69) is 39.4 Å². The molecular formula is C21H21ClN4O. The maximum absolute atomic E-state index is 12.8. The van der Waals surface area contributed by atoms with Gasteiger partial charge in [-0.3, -0.25) is 14.8 Å². The first kappa shape index (κ1) is 17.8. The van der Waals surface area contributed by atoms with E-state index < -0.39 is 0 Å². The van der Waals surface area contributed by atoms with Gasteiger partial charge in [-0.05, 0) is 23.8 Å². The minimum atomic E-state index is 0.00192. The van der Waals surface area contributed by atoms with Crippen molar-refractivity contribution in [1.82, 2.24) is 20.0 Å². The molecule has 0 unspecified atom stereocenters. The molecule has 1 N–H and O–H groups in total. The van der Waals surface area contributed by atoms with Gasteiger partial charge in [-0.1, -0.05) is 54.1 Å². The van der Waals surface area contributed by atoms with Gasteiger partial charge in [0.05, 0.1) is 5.69 Å². The molecule has 0 radical (unpaired) electrons. The van der Waals surface area contributed by atoms with Crippen molar-refractivity contribution in [3.63, 3.8) is 0 Å². The van der Waals surface area contributed by atoms with Crippen molar-refractivity contribution in [2.24, 2.45) is 0 Å². The number of H-pyrrole nitrogens is 1. The predicted molar refractivity (Wildman–Crippen MR) is 107 cm³/mol. The van der Waals surface area contributed by atoms with E-state index in [4.69, 9.17) is 11.6 Å². The highest BCUT2D eigenvalue weighted by atomic mass is 35.5. The largest absolute Gasteiger partial charge is 0.335 e. The van der Waals surface area contributed by atoms with Gasteiger partial charge in [-0.2, -0.15) is 5.10 Å². The molecule has 1 saturated heterocycles. The predicted octanol–water partition coefficient (Wildman–Crippen LogP) is 3.69. The third-order valence-corrected chi connectivity index (χ3v) is 5.11. The Balaban J connectivity index is 1.36. The van der Waals surface area contributed by atoms with E-state index in [1.54, 1.807) is 0 Å². The van der Waals surface area contributed by atoms with Crippen LogP contribution in [0.5, 0.6) is 0 Å². The third-order valence-electron chi connectivity index (χ3n) is 4.86. The van der Waals surface area contributed by atoms with Crippen LogP contribution in [0.4, 0.5) is 0 Å². The Morgan fingerprint density at radius 2 is 1.70 bits per heavy atom. The molecule has 1 fully saturated rings. The fraction of sp³-hybridized carbons (Fsp3) is 0.238. The summed E-state index contributed by atoms with van der Waals surface area (Å²) in [6, 6.07) is 19.7. The van der Waals surface area contributed by atoms with Crippen LogP contribution in [0.15, 0.2) is 60.7 Å². The Labute approximate surface area is 163 Å². The standard InChI is InChI=1S/C21H21ClN4O/c22-18-8-6-17(7-9-18)19-14-20(24-23-19)21(27)26-12-10-25(11-13-26)15-16-4-2-1-3-5-16/h1-9,14H,10-13,15H2,(H,23,24). The Morgan fingerprint density at radius 3 is 2.41 bits per heavy atom. The van der Waals surface area contributed by atoms with Crippen molar-refractivity contribution in [3.8, 4) is 11.3 Å². The summed E-state index contributed by atoms with van der Waals surface area (Å²) < 4.78 is 0. The highest BCUT2D eigenvalue weighted by Crippen LogP contribution is 2.21. The van der Waals surface area contributed by atoms with Crippen LogP contribution in [0, 0.1) is 0 Å². The van der Waals surface area contributed by atoms with Crippen molar-refractivity contribution in [3.05, 3.63) is 76.9 Å². The molecule has 4 rings (SSSR count). The molecule has 138 valence electrons. The minimum Gasteiger partial charge on any atom is -0.335 e. The molecule has 0 spiro atoms. The van der Waals surface area contributed by atoms with Crippen LogP contribution in [0.2, 0.25) is 5.02 Å². The van der Waals surface area contributed by atoms with E-state index in [-0.39, 0.29) is 5.91 Å². The SMILES string of the molecule is O=C(c1cc(-c2ccc(Cl)cc2)n[nH]1)N1CCN(Cc2ccccc2)CC1. The zero-order valence-electron chi connectivity index (χ0n) is 14.9. The number of hydrogen-bond acceptors (Lipinski definition) is 3. The molecule has 0 saturated carbocycles. The summed E-state index contributed by atoms with van der Waals surface area (Å²) in [5.74, 6) is 0.00192. The van der Waals surface area contributed by atoms with Crippen molar-refractivity contribution < 1.29 is 4.79 Å². The molecule has 6 heteroatoms. The van der Waals surface area contributed by atoms with Crippen molar-refractivity contribution in [1.29, 1.82) is 0 Å². The molecule has 2 aromatic carbocycles. The molecule has 27 heavy (non-hydrogen) atoms. The van der Waals surface area contributed by atoms with E-state index in [1.807, 2.05) is 41.3 Å². The zero-order valence-corrected chi connectivity index (χ0v) is 15.7. The molecule has 3 aromatic rings. The molecule has 2 heterocycles. The number of aromatic amines is 1. The number of carbonyl (C=O) groups is 1. The van der Waals surface area contributed by atoms with Gasteiger partial charge < -0.3 is 4.90 Å². The van der Waals surface area contributed by atoms with Gasteiger partial charge in [0.15, 0.2) is 0 Å². The van der Waals surface area contributed by atoms with Crippen LogP contribution < -0.4 is 0 Å². The first-order chi connectivity index (χ1) is 13.2. The fourth-order valence-electron chi connectivity index (χ4n) is 3.32. The van der Waals surface area contributed by atoms with Crippen LogP contribution in [-0.4, -0.2) is 52.1 Å². The average Bonchev–Trinajstić information content (AvgIpc) is 3.20. The summed E-state index contributed by atoms with van der Waals surface area (Å²) in [4.78, 5) is 17.0. The second kappa shape index (κ2) is 7.94. The summed E-state index contributed by atoms with van der Waals surface area (Å²) in [7, 11) is 0. The van der Waals surface area contributed by atoms with E-state index in [0.29, 0.717) is 10.7 Å². The van der Waals surface area contributed by atoms with Crippen LogP contribution >= 0.6 is 11.6 Å². The number of amides is 1.